The number of aromatic amines is 1. The fourth-order valence-corrected chi connectivity index (χ4v) is 3.11. The summed E-state index contributed by atoms with van der Waals surface area (Å²) in [4.78, 5) is 0. The summed E-state index contributed by atoms with van der Waals surface area (Å²) in [7, 11) is 1.64. The van der Waals surface area contributed by atoms with Gasteiger partial charge in [-0.25, -0.2) is 5.10 Å². The van der Waals surface area contributed by atoms with Crippen LogP contribution in [0, 0.1) is 4.77 Å². The third-order valence-electron chi connectivity index (χ3n) is 3.27. The molecule has 0 saturated heterocycles. The number of aromatic nitrogens is 3. The van der Waals surface area contributed by atoms with Gasteiger partial charge in [0, 0.05) is 5.75 Å². The Morgan fingerprint density at radius 3 is 2.67 bits per heavy atom. The summed E-state index contributed by atoms with van der Waals surface area (Å²) in [6, 6.07) is 17.9. The second kappa shape index (κ2) is 7.94. The lowest BCUT2D eigenvalue weighted by molar-refractivity contribution is 0.415. The summed E-state index contributed by atoms with van der Waals surface area (Å²) in [5.74, 6) is 1.62. The zero-order valence-corrected chi connectivity index (χ0v) is 14.7. The zero-order valence-electron chi connectivity index (χ0n) is 13.0. The van der Waals surface area contributed by atoms with Crippen molar-refractivity contribution in [2.75, 3.05) is 7.11 Å². The average molecular weight is 356 g/mol. The van der Waals surface area contributed by atoms with Gasteiger partial charge in [0.2, 0.25) is 9.93 Å². The average Bonchev–Trinajstić information content (AvgIpc) is 2.99. The third-order valence-corrected chi connectivity index (χ3v) is 4.53. The van der Waals surface area contributed by atoms with Gasteiger partial charge in [0.25, 0.3) is 0 Å². The highest BCUT2D eigenvalue weighted by Crippen LogP contribution is 2.21. The molecule has 1 heterocycles. The molecular weight excluding hydrogens is 340 g/mol. The highest BCUT2D eigenvalue weighted by Gasteiger charge is 2.06. The van der Waals surface area contributed by atoms with Gasteiger partial charge in [-0.1, -0.05) is 42.1 Å². The van der Waals surface area contributed by atoms with E-state index in [9.17, 15) is 0 Å². The number of H-pyrrole nitrogens is 1. The lowest BCUT2D eigenvalue weighted by atomic mass is 10.2. The minimum absolute atomic E-state index is 0.468. The molecule has 0 bridgehead atoms. The Bertz CT molecular complexity index is 870. The van der Waals surface area contributed by atoms with E-state index in [-0.39, 0.29) is 0 Å². The van der Waals surface area contributed by atoms with Gasteiger partial charge >= 0.3 is 0 Å². The van der Waals surface area contributed by atoms with Crippen molar-refractivity contribution in [3.63, 3.8) is 0 Å². The summed E-state index contributed by atoms with van der Waals surface area (Å²) in [6.45, 7) is 0. The number of ether oxygens (including phenoxy) is 1. The van der Waals surface area contributed by atoms with Crippen molar-refractivity contribution in [1.29, 1.82) is 0 Å². The van der Waals surface area contributed by atoms with Crippen molar-refractivity contribution < 1.29 is 4.74 Å². The molecule has 0 spiro atoms. The molecule has 2 aromatic carbocycles. The Morgan fingerprint density at radius 2 is 1.96 bits per heavy atom. The molecule has 0 unspecified atom stereocenters. The van der Waals surface area contributed by atoms with E-state index >= 15 is 0 Å². The smallest absolute Gasteiger partial charge is 0.217 e. The fourth-order valence-electron chi connectivity index (χ4n) is 2.01. The standard InChI is InChI=1S/C17H16N4OS2/c1-22-15-9-7-13(8-10-15)11-18-21-16(23)19-20-17(21)24-12-14-5-3-2-4-6-14/h2-11H,12H2,1H3,(H,19,23)/b18-11-. The molecule has 24 heavy (non-hydrogen) atoms. The van der Waals surface area contributed by atoms with Crippen LogP contribution in [0.1, 0.15) is 11.1 Å². The first-order valence-electron chi connectivity index (χ1n) is 7.29. The highest BCUT2D eigenvalue weighted by molar-refractivity contribution is 7.98. The van der Waals surface area contributed by atoms with E-state index in [4.69, 9.17) is 17.0 Å². The van der Waals surface area contributed by atoms with Crippen LogP contribution in [-0.2, 0) is 5.75 Å². The predicted molar refractivity (Wildman–Crippen MR) is 99.4 cm³/mol. The van der Waals surface area contributed by atoms with Crippen molar-refractivity contribution in [3.8, 4) is 5.75 Å². The maximum atomic E-state index is 5.26. The molecule has 122 valence electrons. The molecule has 0 saturated carbocycles. The molecule has 3 aromatic rings. The number of nitrogens with zero attached hydrogens (tertiary/aromatic N) is 3. The third kappa shape index (κ3) is 4.12. The van der Waals surface area contributed by atoms with Gasteiger partial charge < -0.3 is 4.74 Å². The van der Waals surface area contributed by atoms with E-state index < -0.39 is 0 Å². The maximum Gasteiger partial charge on any atom is 0.217 e. The van der Waals surface area contributed by atoms with Crippen LogP contribution in [0.3, 0.4) is 0 Å². The van der Waals surface area contributed by atoms with Crippen LogP contribution in [0.15, 0.2) is 64.9 Å². The van der Waals surface area contributed by atoms with Gasteiger partial charge in [-0.15, -0.1) is 5.10 Å². The molecule has 5 nitrogen and oxygen atoms in total. The molecule has 0 amide bonds. The number of hydrogen-bond donors (Lipinski definition) is 1. The van der Waals surface area contributed by atoms with Crippen molar-refractivity contribution in [2.24, 2.45) is 5.10 Å². The largest absolute Gasteiger partial charge is 0.497 e. The van der Waals surface area contributed by atoms with Crippen LogP contribution < -0.4 is 4.74 Å². The first-order chi connectivity index (χ1) is 11.8. The summed E-state index contributed by atoms with van der Waals surface area (Å²) >= 11 is 6.84. The van der Waals surface area contributed by atoms with Gasteiger partial charge in [-0.3, -0.25) is 0 Å². The van der Waals surface area contributed by atoms with Crippen LogP contribution in [0.25, 0.3) is 0 Å². The van der Waals surface area contributed by atoms with Crippen molar-refractivity contribution in [1.82, 2.24) is 14.9 Å². The highest BCUT2D eigenvalue weighted by atomic mass is 32.2. The molecule has 3 rings (SSSR count). The Hall–Kier alpha value is -2.38. The normalized spacial score (nSPS) is 11.0. The van der Waals surface area contributed by atoms with E-state index in [1.165, 1.54) is 5.56 Å². The van der Waals surface area contributed by atoms with Gasteiger partial charge in [-0.2, -0.15) is 9.78 Å². The van der Waals surface area contributed by atoms with Crippen molar-refractivity contribution in [3.05, 3.63) is 70.5 Å². The molecule has 0 atom stereocenters. The predicted octanol–water partition coefficient (Wildman–Crippen LogP) is 4.12. The maximum absolute atomic E-state index is 5.26. The topological polar surface area (TPSA) is 55.2 Å². The minimum Gasteiger partial charge on any atom is -0.497 e. The van der Waals surface area contributed by atoms with Gasteiger partial charge in [-0.05, 0) is 47.6 Å². The van der Waals surface area contributed by atoms with Crippen molar-refractivity contribution >= 4 is 30.2 Å². The van der Waals surface area contributed by atoms with Crippen LogP contribution in [0.4, 0.5) is 0 Å². The lowest BCUT2D eigenvalue weighted by Crippen LogP contribution is -1.94. The molecule has 0 radical (unpaired) electrons. The zero-order chi connectivity index (χ0) is 16.8. The van der Waals surface area contributed by atoms with Gasteiger partial charge in [0.15, 0.2) is 0 Å². The molecular formula is C17H16N4OS2. The SMILES string of the molecule is COc1ccc(/C=N\n2c(SCc3ccccc3)n[nH]c2=S)cc1. The fraction of sp³-hybridized carbons (Fsp3) is 0.118. The van der Waals surface area contributed by atoms with E-state index in [2.05, 4.69) is 27.4 Å². The van der Waals surface area contributed by atoms with Crippen LogP contribution in [0.5, 0.6) is 5.75 Å². The molecule has 1 N–H and O–H groups in total. The Balaban J connectivity index is 1.74. The minimum atomic E-state index is 0.468. The van der Waals surface area contributed by atoms with Gasteiger partial charge in [0.05, 0.1) is 13.3 Å². The second-order valence-electron chi connectivity index (χ2n) is 4.92. The first kappa shape index (κ1) is 16.5. The van der Waals surface area contributed by atoms with Crippen LogP contribution >= 0.6 is 24.0 Å². The summed E-state index contributed by atoms with van der Waals surface area (Å²) in [5.41, 5.74) is 2.18. The summed E-state index contributed by atoms with van der Waals surface area (Å²) in [5, 5.41) is 12.2. The molecule has 1 aromatic heterocycles. The molecule has 0 fully saturated rings. The Kier molecular flexibility index (Phi) is 5.45. The van der Waals surface area contributed by atoms with Crippen molar-refractivity contribution in [2.45, 2.75) is 10.9 Å². The quantitative estimate of drug-likeness (QED) is 0.410. The molecule has 0 aliphatic carbocycles. The van der Waals surface area contributed by atoms with E-state index in [0.29, 0.717) is 4.77 Å². The van der Waals surface area contributed by atoms with E-state index in [0.717, 1.165) is 22.2 Å². The Labute approximate surface area is 149 Å². The number of methoxy groups -OCH3 is 1. The van der Waals surface area contributed by atoms with Gasteiger partial charge in [0.1, 0.15) is 5.75 Å². The number of hydrogen-bond acceptors (Lipinski definition) is 5. The monoisotopic (exact) mass is 356 g/mol. The molecule has 7 heteroatoms. The first-order valence-corrected chi connectivity index (χ1v) is 8.68. The number of rotatable bonds is 6. The molecule has 0 aliphatic rings. The molecule has 0 aliphatic heterocycles. The summed E-state index contributed by atoms with van der Waals surface area (Å²) < 4.78 is 7.25. The van der Waals surface area contributed by atoms with E-state index in [1.807, 2.05) is 42.5 Å². The Morgan fingerprint density at radius 1 is 1.21 bits per heavy atom. The van der Waals surface area contributed by atoms with Crippen LogP contribution in [0.2, 0.25) is 0 Å². The number of thioether (sulfide) groups is 1. The number of nitrogens with one attached hydrogen (secondary N) is 1. The van der Waals surface area contributed by atoms with E-state index in [1.54, 1.807) is 29.8 Å². The number of benzene rings is 2. The van der Waals surface area contributed by atoms with Crippen LogP contribution in [-0.4, -0.2) is 28.2 Å². The second-order valence-corrected chi connectivity index (χ2v) is 6.24. The summed E-state index contributed by atoms with van der Waals surface area (Å²) in [6.07, 6.45) is 1.75. The lowest BCUT2D eigenvalue weighted by Gasteiger charge is -2.02.